The number of fused-ring (bicyclic) bond motifs is 4. The fraction of sp³-hybridized carbons (Fsp3) is 0.250. The Kier molecular flexibility index (Phi) is 4.89. The van der Waals surface area contributed by atoms with Gasteiger partial charge in [-0.25, -0.2) is 4.98 Å². The van der Waals surface area contributed by atoms with E-state index in [-0.39, 0.29) is 22.0 Å². The van der Waals surface area contributed by atoms with Crippen molar-refractivity contribution in [3.8, 4) is 5.75 Å². The van der Waals surface area contributed by atoms with Crippen LogP contribution in [0.3, 0.4) is 0 Å². The molecule has 0 saturated carbocycles. The van der Waals surface area contributed by atoms with Gasteiger partial charge in [0, 0.05) is 12.7 Å². The van der Waals surface area contributed by atoms with Crippen molar-refractivity contribution in [2.45, 2.75) is 31.7 Å². The molecule has 0 bridgehead atoms. The fourth-order valence-corrected chi connectivity index (χ4v) is 5.61. The van der Waals surface area contributed by atoms with Crippen LogP contribution >= 0.6 is 22.5 Å². The number of rotatable bonds is 4. The number of hydrogen-bond acceptors (Lipinski definition) is 10. The van der Waals surface area contributed by atoms with Gasteiger partial charge in [0.05, 0.1) is 22.8 Å². The molecule has 5 rings (SSSR count). The quantitative estimate of drug-likeness (QED) is 0.348. The van der Waals surface area contributed by atoms with Gasteiger partial charge in [0.15, 0.2) is 5.84 Å². The number of hydrogen-bond donors (Lipinski definition) is 4. The van der Waals surface area contributed by atoms with Crippen LogP contribution in [0.2, 0.25) is 0 Å². The Morgan fingerprint density at radius 1 is 1.22 bits per heavy atom. The van der Waals surface area contributed by atoms with Crippen molar-refractivity contribution in [1.29, 1.82) is 0 Å². The first-order chi connectivity index (χ1) is 15.3. The van der Waals surface area contributed by atoms with E-state index in [0.29, 0.717) is 40.2 Å². The van der Waals surface area contributed by atoms with Crippen LogP contribution in [0.15, 0.2) is 44.6 Å². The maximum Gasteiger partial charge on any atom is 0.267 e. The van der Waals surface area contributed by atoms with Crippen LogP contribution in [-0.4, -0.2) is 38.3 Å². The van der Waals surface area contributed by atoms with E-state index in [4.69, 9.17) is 0 Å². The summed E-state index contributed by atoms with van der Waals surface area (Å²) in [5.41, 5.74) is 0.896. The number of pyridine rings is 2. The minimum absolute atomic E-state index is 0.119. The van der Waals surface area contributed by atoms with E-state index in [1.165, 1.54) is 4.57 Å². The topological polar surface area (TPSA) is 146 Å². The zero-order valence-corrected chi connectivity index (χ0v) is 18.8. The van der Waals surface area contributed by atoms with Crippen LogP contribution in [0, 0.1) is 5.92 Å². The molecule has 4 N–H and O–H groups in total. The Bertz CT molecular complexity index is 1460. The number of nitrogens with one attached hydrogen (secondary N) is 1. The number of anilines is 1. The molecular formula is C20H20N6O4S2. The van der Waals surface area contributed by atoms with Gasteiger partial charge >= 0.3 is 0 Å². The fourth-order valence-electron chi connectivity index (χ4n) is 3.71. The van der Waals surface area contributed by atoms with Crippen LogP contribution in [0.4, 0.5) is 5.69 Å². The van der Waals surface area contributed by atoms with Crippen LogP contribution in [0.1, 0.15) is 25.8 Å². The van der Waals surface area contributed by atoms with E-state index < -0.39 is 16.3 Å². The molecular weight excluding hydrogens is 452 g/mol. The first-order valence-corrected chi connectivity index (χ1v) is 12.1. The molecule has 0 fully saturated rings. The Morgan fingerprint density at radius 2 is 2.03 bits per heavy atom. The molecule has 3 aromatic heterocycles. The lowest BCUT2D eigenvalue weighted by atomic mass is 10.1. The molecule has 0 amide bonds. The molecule has 1 aliphatic heterocycles. The van der Waals surface area contributed by atoms with Crippen molar-refractivity contribution < 1.29 is 14.2 Å². The number of nitrogens with zero attached hydrogens (tertiary/aromatic N) is 5. The number of aromatic nitrogens is 4. The second-order valence-corrected chi connectivity index (χ2v) is 10.1. The zero-order valence-electron chi connectivity index (χ0n) is 17.2. The molecule has 0 spiro atoms. The lowest BCUT2D eigenvalue weighted by Gasteiger charge is -2.34. The van der Waals surface area contributed by atoms with E-state index in [1.54, 1.807) is 30.5 Å². The minimum Gasteiger partial charge on any atom is -0.506 e. The van der Waals surface area contributed by atoms with Crippen molar-refractivity contribution in [2.24, 2.45) is 10.3 Å². The van der Waals surface area contributed by atoms with E-state index in [9.17, 15) is 19.0 Å². The Morgan fingerprint density at radius 3 is 2.81 bits per heavy atom. The van der Waals surface area contributed by atoms with Gasteiger partial charge in [0.1, 0.15) is 32.9 Å². The van der Waals surface area contributed by atoms with Crippen molar-refractivity contribution >= 4 is 56.1 Å². The van der Waals surface area contributed by atoms with Gasteiger partial charge in [-0.1, -0.05) is 24.6 Å². The molecule has 10 nitrogen and oxygen atoms in total. The lowest BCUT2D eigenvalue weighted by molar-refractivity contribution is 0.473. The van der Waals surface area contributed by atoms with Crippen molar-refractivity contribution in [2.75, 3.05) is 5.32 Å². The summed E-state index contributed by atoms with van der Waals surface area (Å²) in [4.78, 5) is 17.9. The third-order valence-electron chi connectivity index (χ3n) is 5.29. The Labute approximate surface area is 188 Å². The van der Waals surface area contributed by atoms with Crippen LogP contribution in [-0.2, 0) is 6.54 Å². The summed E-state index contributed by atoms with van der Waals surface area (Å²) in [7, 11) is -3.71. The second kappa shape index (κ2) is 7.52. The van der Waals surface area contributed by atoms with E-state index in [2.05, 4.69) is 37.3 Å². The largest absolute Gasteiger partial charge is 0.506 e. The Balaban J connectivity index is 1.74. The summed E-state index contributed by atoms with van der Waals surface area (Å²) in [6.07, 6.45) is 2.28. The summed E-state index contributed by atoms with van der Waals surface area (Å²) in [5.74, 6) is -0.0946. The van der Waals surface area contributed by atoms with Gasteiger partial charge in [-0.3, -0.25) is 18.5 Å². The predicted octanol–water partition coefficient (Wildman–Crippen LogP) is 4.05. The molecule has 0 aliphatic carbocycles. The first-order valence-electron chi connectivity index (χ1n) is 9.89. The summed E-state index contributed by atoms with van der Waals surface area (Å²) in [6.45, 7) is 4.49. The average molecular weight is 473 g/mol. The highest BCUT2D eigenvalue weighted by Gasteiger charge is 2.33. The summed E-state index contributed by atoms with van der Waals surface area (Å²) >= 11 is 0.954. The first kappa shape index (κ1) is 20.8. The highest BCUT2D eigenvalue weighted by molar-refractivity contribution is 8.23. The smallest absolute Gasteiger partial charge is 0.267 e. The third kappa shape index (κ3) is 3.23. The minimum atomic E-state index is -3.71. The number of aryl methyl sites for hydroxylation is 1. The molecule has 0 unspecified atom stereocenters. The summed E-state index contributed by atoms with van der Waals surface area (Å²) in [6, 6.07) is 6.63. The molecule has 1 aromatic carbocycles. The molecule has 0 saturated heterocycles. The standard InChI is InChI=1S/C20H20N6O4S2/c1-10(2)7-9-26-19-11(4-3-8-21-19)16(27)14(20(26)28)18-22-13-6-5-12-15(24-31-23-12)17(13)32(29,30)25-18/h3-6,8,10,27,29-30H,7,9H2,1-2H3,(H,22,25). The van der Waals surface area contributed by atoms with E-state index in [1.807, 2.05) is 0 Å². The normalized spacial score (nSPS) is 16.1. The van der Waals surface area contributed by atoms with Crippen LogP contribution in [0.5, 0.6) is 5.75 Å². The number of aromatic hydroxyl groups is 1. The molecule has 4 aromatic rings. The highest BCUT2D eigenvalue weighted by atomic mass is 32.3. The molecule has 4 heterocycles. The van der Waals surface area contributed by atoms with Gasteiger partial charge in [-0.05, 0) is 36.6 Å². The van der Waals surface area contributed by atoms with Gasteiger partial charge in [0.2, 0.25) is 0 Å². The van der Waals surface area contributed by atoms with E-state index in [0.717, 1.165) is 18.1 Å². The van der Waals surface area contributed by atoms with Gasteiger partial charge < -0.3 is 10.4 Å². The molecule has 166 valence electrons. The maximum absolute atomic E-state index is 13.5. The molecule has 32 heavy (non-hydrogen) atoms. The predicted molar refractivity (Wildman–Crippen MR) is 126 cm³/mol. The highest BCUT2D eigenvalue weighted by Crippen LogP contribution is 2.57. The van der Waals surface area contributed by atoms with Crippen LogP contribution < -0.4 is 10.9 Å². The van der Waals surface area contributed by atoms with E-state index >= 15 is 0 Å². The van der Waals surface area contributed by atoms with Crippen LogP contribution in [0.25, 0.3) is 22.1 Å². The second-order valence-electron chi connectivity index (χ2n) is 7.90. The molecule has 12 heteroatoms. The lowest BCUT2D eigenvalue weighted by Crippen LogP contribution is -2.32. The number of amidine groups is 1. The summed E-state index contributed by atoms with van der Waals surface area (Å²) in [5, 5.41) is 14.3. The van der Waals surface area contributed by atoms with Gasteiger partial charge in [-0.15, -0.1) is 4.40 Å². The summed E-state index contributed by atoms with van der Waals surface area (Å²) < 4.78 is 35.6. The third-order valence-corrected chi connectivity index (χ3v) is 7.23. The molecule has 1 aliphatic rings. The zero-order chi connectivity index (χ0) is 22.6. The van der Waals surface area contributed by atoms with Gasteiger partial charge in [0.25, 0.3) is 5.56 Å². The van der Waals surface area contributed by atoms with Gasteiger partial charge in [-0.2, -0.15) is 8.75 Å². The maximum atomic E-state index is 13.5. The average Bonchev–Trinajstić information content (AvgIpc) is 3.21. The van der Waals surface area contributed by atoms with Crippen molar-refractivity contribution in [3.63, 3.8) is 0 Å². The van der Waals surface area contributed by atoms with Crippen molar-refractivity contribution in [1.82, 2.24) is 18.3 Å². The van der Waals surface area contributed by atoms with Crippen molar-refractivity contribution in [3.05, 3.63) is 46.4 Å². The number of benzene rings is 1. The SMILES string of the molecule is CC(C)CCn1c(=O)c(C2=NS(O)(O)c3c(ccc4nsnc34)N2)c(O)c2cccnc21. The molecule has 0 atom stereocenters. The molecule has 0 radical (unpaired) electrons. The monoisotopic (exact) mass is 472 g/mol. The Hall–Kier alpha value is -3.06.